The molecule has 192 valence electrons. The van der Waals surface area contributed by atoms with Gasteiger partial charge in [0, 0.05) is 45.0 Å². The van der Waals surface area contributed by atoms with Gasteiger partial charge in [-0.1, -0.05) is 11.6 Å². The lowest BCUT2D eigenvalue weighted by Gasteiger charge is -2.34. The number of hydrogen-bond acceptors (Lipinski definition) is 6. The summed E-state index contributed by atoms with van der Waals surface area (Å²) in [6.45, 7) is 6.52. The van der Waals surface area contributed by atoms with Crippen LogP contribution in [0.3, 0.4) is 0 Å². The molecule has 36 heavy (non-hydrogen) atoms. The first-order chi connectivity index (χ1) is 16.9. The Morgan fingerprint density at radius 3 is 2.50 bits per heavy atom. The minimum atomic E-state index is -0.556. The van der Waals surface area contributed by atoms with E-state index >= 15 is 4.39 Å². The number of carbonyl (C=O) groups is 2. The van der Waals surface area contributed by atoms with E-state index in [0.29, 0.717) is 47.9 Å². The Bertz CT molecular complexity index is 1290. The van der Waals surface area contributed by atoms with Crippen molar-refractivity contribution in [2.45, 2.75) is 45.3 Å². The average Bonchev–Trinajstić information content (AvgIpc) is 3.16. The lowest BCUT2D eigenvalue weighted by atomic mass is 10.1. The predicted octanol–water partition coefficient (Wildman–Crippen LogP) is 5.24. The third kappa shape index (κ3) is 5.38. The molecule has 1 aromatic carbocycles. The summed E-state index contributed by atoms with van der Waals surface area (Å²) >= 11 is 6.41. The molecule has 0 saturated carbocycles. The summed E-state index contributed by atoms with van der Waals surface area (Å²) in [6.07, 6.45) is 3.74. The number of ether oxygens (including phenoxy) is 1. The first kappa shape index (κ1) is 25.7. The summed E-state index contributed by atoms with van der Waals surface area (Å²) in [5, 5.41) is 3.64. The third-order valence-corrected chi connectivity index (χ3v) is 6.26. The highest BCUT2D eigenvalue weighted by Gasteiger charge is 2.29. The monoisotopic (exact) mass is 516 g/mol. The van der Waals surface area contributed by atoms with Crippen LogP contribution in [0.4, 0.5) is 20.7 Å². The fraction of sp³-hybridized carbons (Fsp3) is 0.440. The molecule has 2 aromatic heterocycles. The Balaban J connectivity index is 1.54. The SMILES string of the molecule is CN(C)C(=O)c1ccc(Nc2ncnc3c2c(F)cn3C2CCN(C(=O)OC(C)(C)C)CC2)c(Cl)c1. The Morgan fingerprint density at radius 2 is 1.89 bits per heavy atom. The zero-order valence-electron chi connectivity index (χ0n) is 21.0. The molecule has 1 fully saturated rings. The third-order valence-electron chi connectivity index (χ3n) is 5.95. The fourth-order valence-electron chi connectivity index (χ4n) is 4.20. The standard InChI is InChI=1S/C25H30ClFN6O3/c1-25(2,3)36-24(35)32-10-8-16(9-11-32)33-13-18(27)20-21(28-14-29-22(20)33)30-19-7-6-15(12-17(19)26)23(34)31(4)5/h6-7,12-14,16H,8-11H2,1-5H3,(H,28,29,30). The number of nitrogens with zero attached hydrogens (tertiary/aromatic N) is 5. The van der Waals surface area contributed by atoms with E-state index in [4.69, 9.17) is 16.3 Å². The van der Waals surface area contributed by atoms with E-state index in [1.807, 2.05) is 25.3 Å². The maximum atomic E-state index is 15.2. The highest BCUT2D eigenvalue weighted by molar-refractivity contribution is 6.33. The fourth-order valence-corrected chi connectivity index (χ4v) is 4.43. The lowest BCUT2D eigenvalue weighted by Crippen LogP contribution is -2.42. The number of likely N-dealkylation sites (tertiary alicyclic amines) is 1. The molecule has 3 heterocycles. The summed E-state index contributed by atoms with van der Waals surface area (Å²) in [4.78, 5) is 36.3. The number of fused-ring (bicyclic) bond motifs is 1. The second-order valence-corrected chi connectivity index (χ2v) is 10.4. The second kappa shape index (κ2) is 9.93. The van der Waals surface area contributed by atoms with Crippen LogP contribution < -0.4 is 5.32 Å². The van der Waals surface area contributed by atoms with Crippen molar-refractivity contribution in [1.82, 2.24) is 24.3 Å². The molecular formula is C25H30ClFN6O3. The molecule has 1 N–H and O–H groups in total. The molecule has 0 atom stereocenters. The zero-order chi connectivity index (χ0) is 26.2. The molecule has 2 amide bonds. The van der Waals surface area contributed by atoms with Gasteiger partial charge in [-0.3, -0.25) is 4.79 Å². The van der Waals surface area contributed by atoms with Crippen LogP contribution >= 0.6 is 11.6 Å². The molecule has 1 aliphatic rings. The highest BCUT2D eigenvalue weighted by atomic mass is 35.5. The van der Waals surface area contributed by atoms with E-state index in [1.54, 1.807) is 37.2 Å². The number of anilines is 2. The number of piperidine rings is 1. The topological polar surface area (TPSA) is 92.6 Å². The van der Waals surface area contributed by atoms with E-state index in [1.165, 1.54) is 17.4 Å². The Hall–Kier alpha value is -3.40. The number of hydrogen-bond donors (Lipinski definition) is 1. The summed E-state index contributed by atoms with van der Waals surface area (Å²) < 4.78 is 22.4. The van der Waals surface area contributed by atoms with Gasteiger partial charge in [0.15, 0.2) is 5.82 Å². The normalized spacial score (nSPS) is 14.7. The first-order valence-corrected chi connectivity index (χ1v) is 12.1. The van der Waals surface area contributed by atoms with Crippen molar-refractivity contribution in [3.05, 3.63) is 47.1 Å². The lowest BCUT2D eigenvalue weighted by molar-refractivity contribution is 0.0189. The first-order valence-electron chi connectivity index (χ1n) is 11.7. The molecule has 11 heteroatoms. The maximum absolute atomic E-state index is 15.2. The van der Waals surface area contributed by atoms with Gasteiger partial charge in [-0.15, -0.1) is 0 Å². The minimum Gasteiger partial charge on any atom is -0.444 e. The molecule has 1 saturated heterocycles. The molecule has 9 nitrogen and oxygen atoms in total. The van der Waals surface area contributed by atoms with Crippen LogP contribution in [-0.2, 0) is 4.74 Å². The summed E-state index contributed by atoms with van der Waals surface area (Å²) in [6, 6.07) is 4.84. The summed E-state index contributed by atoms with van der Waals surface area (Å²) in [5.41, 5.74) is 0.832. The van der Waals surface area contributed by atoms with Crippen LogP contribution in [0.1, 0.15) is 50.0 Å². The number of carbonyl (C=O) groups excluding carboxylic acids is 2. The van der Waals surface area contributed by atoms with Gasteiger partial charge in [0.1, 0.15) is 23.4 Å². The van der Waals surface area contributed by atoms with Gasteiger partial charge in [-0.05, 0) is 51.8 Å². The quantitative estimate of drug-likeness (QED) is 0.509. The van der Waals surface area contributed by atoms with Gasteiger partial charge in [0.05, 0.1) is 16.1 Å². The Kier molecular flexibility index (Phi) is 7.08. The van der Waals surface area contributed by atoms with Crippen LogP contribution in [0.2, 0.25) is 5.02 Å². The van der Waals surface area contributed by atoms with Crippen LogP contribution in [0.15, 0.2) is 30.7 Å². The van der Waals surface area contributed by atoms with Crippen molar-refractivity contribution in [3.63, 3.8) is 0 Å². The number of halogens is 2. The van der Waals surface area contributed by atoms with Gasteiger partial charge in [0.2, 0.25) is 0 Å². The van der Waals surface area contributed by atoms with Crippen LogP contribution in [0.5, 0.6) is 0 Å². The Morgan fingerprint density at radius 1 is 1.19 bits per heavy atom. The van der Waals surface area contributed by atoms with E-state index in [0.717, 1.165) is 0 Å². The molecule has 1 aliphatic heterocycles. The second-order valence-electron chi connectivity index (χ2n) is 10.0. The van der Waals surface area contributed by atoms with Crippen molar-refractivity contribution in [3.8, 4) is 0 Å². The Labute approximate surface area is 214 Å². The number of nitrogens with one attached hydrogen (secondary N) is 1. The number of benzene rings is 1. The summed E-state index contributed by atoms with van der Waals surface area (Å²) in [7, 11) is 3.32. The van der Waals surface area contributed by atoms with Crippen molar-refractivity contribution in [2.24, 2.45) is 0 Å². The van der Waals surface area contributed by atoms with Crippen molar-refractivity contribution >= 4 is 46.1 Å². The largest absolute Gasteiger partial charge is 0.444 e. The van der Waals surface area contributed by atoms with Crippen LogP contribution in [0.25, 0.3) is 11.0 Å². The van der Waals surface area contributed by atoms with E-state index < -0.39 is 11.4 Å². The van der Waals surface area contributed by atoms with E-state index in [9.17, 15) is 9.59 Å². The average molecular weight is 517 g/mol. The van der Waals surface area contributed by atoms with Gasteiger partial charge >= 0.3 is 6.09 Å². The molecule has 0 aliphatic carbocycles. The number of aromatic nitrogens is 3. The van der Waals surface area contributed by atoms with Gasteiger partial charge in [-0.25, -0.2) is 19.2 Å². The molecule has 0 spiro atoms. The molecule has 0 bridgehead atoms. The van der Waals surface area contributed by atoms with Crippen molar-refractivity contribution in [1.29, 1.82) is 0 Å². The molecule has 4 rings (SSSR count). The summed E-state index contributed by atoms with van der Waals surface area (Å²) in [5.74, 6) is -0.358. The van der Waals surface area contributed by atoms with Gasteiger partial charge < -0.3 is 24.4 Å². The van der Waals surface area contributed by atoms with E-state index in [-0.39, 0.29) is 29.2 Å². The minimum absolute atomic E-state index is 0.0293. The van der Waals surface area contributed by atoms with E-state index in [2.05, 4.69) is 15.3 Å². The predicted molar refractivity (Wildman–Crippen MR) is 136 cm³/mol. The number of rotatable bonds is 4. The molecule has 0 unspecified atom stereocenters. The zero-order valence-corrected chi connectivity index (χ0v) is 21.8. The van der Waals surface area contributed by atoms with Crippen LogP contribution in [-0.4, -0.2) is 69.1 Å². The van der Waals surface area contributed by atoms with Gasteiger partial charge in [0.25, 0.3) is 5.91 Å². The van der Waals surface area contributed by atoms with Crippen molar-refractivity contribution < 1.29 is 18.7 Å². The molecule has 0 radical (unpaired) electrons. The maximum Gasteiger partial charge on any atom is 0.410 e. The molecule has 3 aromatic rings. The smallest absolute Gasteiger partial charge is 0.410 e. The van der Waals surface area contributed by atoms with Crippen LogP contribution in [0, 0.1) is 5.82 Å². The highest BCUT2D eigenvalue weighted by Crippen LogP contribution is 2.34. The molecular weight excluding hydrogens is 487 g/mol. The van der Waals surface area contributed by atoms with Crippen molar-refractivity contribution in [2.75, 3.05) is 32.5 Å². The van der Waals surface area contributed by atoms with Gasteiger partial charge in [-0.2, -0.15) is 0 Å². The number of amides is 2.